The zero-order chi connectivity index (χ0) is 10.2. The minimum Gasteiger partial charge on any atom is -0.439 e. The van der Waals surface area contributed by atoms with Crippen LogP contribution in [0.5, 0.6) is 0 Å². The van der Waals surface area contributed by atoms with Crippen molar-refractivity contribution in [2.24, 2.45) is 0 Å². The third-order valence-electron chi connectivity index (χ3n) is 2.37. The third kappa shape index (κ3) is 1.77. The highest BCUT2D eigenvalue weighted by Gasteiger charge is 2.31. The number of nitrogens with one attached hydrogen (secondary N) is 1. The number of alkyl halides is 2. The number of halogens is 2. The summed E-state index contributed by atoms with van der Waals surface area (Å²) in [5.41, 5.74) is 0. The van der Waals surface area contributed by atoms with Crippen molar-refractivity contribution in [3.8, 4) is 0 Å². The molecule has 5 heteroatoms. The molecule has 0 aliphatic carbocycles. The minimum absolute atomic E-state index is 0.145. The molecule has 1 unspecified atom stereocenters. The van der Waals surface area contributed by atoms with Gasteiger partial charge in [-0.3, -0.25) is 0 Å². The molecule has 0 spiro atoms. The first-order valence-electron chi connectivity index (χ1n) is 4.62. The van der Waals surface area contributed by atoms with Crippen molar-refractivity contribution in [1.82, 2.24) is 10.3 Å². The number of oxazole rings is 1. The van der Waals surface area contributed by atoms with E-state index in [9.17, 15) is 8.78 Å². The maximum Gasteiger partial charge on any atom is 0.303 e. The van der Waals surface area contributed by atoms with Gasteiger partial charge in [0.1, 0.15) is 0 Å². The van der Waals surface area contributed by atoms with E-state index in [4.69, 9.17) is 4.42 Å². The molecule has 3 nitrogen and oxygen atoms in total. The summed E-state index contributed by atoms with van der Waals surface area (Å²) in [5.74, 6) is -2.71. The minimum atomic E-state index is -2.93. The zero-order valence-corrected chi connectivity index (χ0v) is 7.89. The van der Waals surface area contributed by atoms with E-state index in [0.717, 1.165) is 32.6 Å². The molecule has 1 aromatic heterocycles. The molecule has 2 rings (SSSR count). The summed E-state index contributed by atoms with van der Waals surface area (Å²) < 4.78 is 30.6. The molecule has 1 aliphatic rings. The molecule has 1 fully saturated rings. The second kappa shape index (κ2) is 3.31. The van der Waals surface area contributed by atoms with Gasteiger partial charge in [0.05, 0.1) is 6.20 Å². The standard InChI is InChI=1S/C9H12F2N2O/c1-9(10,11)7-5-13-8(14-7)6-2-3-12-4-6/h5-6,12H,2-4H2,1H3. The fourth-order valence-corrected chi connectivity index (χ4v) is 1.54. The molecule has 2 heterocycles. The summed E-state index contributed by atoms with van der Waals surface area (Å²) in [7, 11) is 0. The van der Waals surface area contributed by atoms with Gasteiger partial charge < -0.3 is 9.73 Å². The van der Waals surface area contributed by atoms with Crippen LogP contribution < -0.4 is 5.32 Å². The first-order valence-corrected chi connectivity index (χ1v) is 4.62. The SMILES string of the molecule is CC(F)(F)c1cnc(C2CCNC2)o1. The number of hydrogen-bond donors (Lipinski definition) is 1. The van der Waals surface area contributed by atoms with Crippen molar-refractivity contribution >= 4 is 0 Å². The molecular formula is C9H12F2N2O. The quantitative estimate of drug-likeness (QED) is 0.795. The van der Waals surface area contributed by atoms with Gasteiger partial charge in [-0.05, 0) is 13.0 Å². The lowest BCUT2D eigenvalue weighted by atomic mass is 10.1. The summed E-state index contributed by atoms with van der Waals surface area (Å²) in [4.78, 5) is 3.88. The van der Waals surface area contributed by atoms with Gasteiger partial charge in [0.2, 0.25) is 0 Å². The fraction of sp³-hybridized carbons (Fsp3) is 0.667. The maximum absolute atomic E-state index is 12.8. The molecule has 0 aromatic carbocycles. The molecule has 0 radical (unpaired) electrons. The highest BCUT2D eigenvalue weighted by Crippen LogP contribution is 2.30. The van der Waals surface area contributed by atoms with Crippen molar-refractivity contribution in [3.05, 3.63) is 17.8 Å². The second-order valence-corrected chi connectivity index (χ2v) is 3.64. The van der Waals surface area contributed by atoms with Gasteiger partial charge in [-0.25, -0.2) is 4.98 Å². The van der Waals surface area contributed by atoms with Crippen LogP contribution in [-0.2, 0) is 5.92 Å². The first kappa shape index (κ1) is 9.58. The van der Waals surface area contributed by atoms with Crippen molar-refractivity contribution in [2.75, 3.05) is 13.1 Å². The van der Waals surface area contributed by atoms with Crippen LogP contribution in [0.15, 0.2) is 10.6 Å². The molecule has 14 heavy (non-hydrogen) atoms. The average molecular weight is 202 g/mol. The van der Waals surface area contributed by atoms with Crippen LogP contribution in [-0.4, -0.2) is 18.1 Å². The molecule has 1 N–H and O–H groups in total. The van der Waals surface area contributed by atoms with E-state index in [1.54, 1.807) is 0 Å². The van der Waals surface area contributed by atoms with Crippen molar-refractivity contribution in [2.45, 2.75) is 25.2 Å². The van der Waals surface area contributed by atoms with Gasteiger partial charge in [0.15, 0.2) is 11.7 Å². The number of rotatable bonds is 2. The topological polar surface area (TPSA) is 38.1 Å². The maximum atomic E-state index is 12.8. The van der Waals surface area contributed by atoms with Crippen molar-refractivity contribution < 1.29 is 13.2 Å². The smallest absolute Gasteiger partial charge is 0.303 e. The Morgan fingerprint density at radius 2 is 2.43 bits per heavy atom. The monoisotopic (exact) mass is 202 g/mol. The van der Waals surface area contributed by atoms with Crippen LogP contribution in [0, 0.1) is 0 Å². The van der Waals surface area contributed by atoms with Crippen LogP contribution in [0.25, 0.3) is 0 Å². The van der Waals surface area contributed by atoms with Crippen molar-refractivity contribution in [1.29, 1.82) is 0 Å². The summed E-state index contributed by atoms with van der Waals surface area (Å²) in [6, 6.07) is 0. The van der Waals surface area contributed by atoms with Crippen LogP contribution in [0.3, 0.4) is 0 Å². The van der Waals surface area contributed by atoms with E-state index in [-0.39, 0.29) is 11.7 Å². The van der Waals surface area contributed by atoms with E-state index < -0.39 is 5.92 Å². The van der Waals surface area contributed by atoms with E-state index in [2.05, 4.69) is 10.3 Å². The summed E-state index contributed by atoms with van der Waals surface area (Å²) in [6.45, 7) is 2.46. The predicted molar refractivity (Wildman–Crippen MR) is 46.3 cm³/mol. The Morgan fingerprint density at radius 3 is 2.93 bits per heavy atom. The van der Waals surface area contributed by atoms with E-state index in [1.807, 2.05) is 0 Å². The molecule has 1 atom stereocenters. The fourth-order valence-electron chi connectivity index (χ4n) is 1.54. The van der Waals surface area contributed by atoms with E-state index in [0.29, 0.717) is 5.89 Å². The van der Waals surface area contributed by atoms with E-state index >= 15 is 0 Å². The third-order valence-corrected chi connectivity index (χ3v) is 2.37. The Bertz CT molecular complexity index is 313. The zero-order valence-electron chi connectivity index (χ0n) is 7.89. The largest absolute Gasteiger partial charge is 0.439 e. The lowest BCUT2D eigenvalue weighted by Crippen LogP contribution is -2.08. The van der Waals surface area contributed by atoms with Crippen LogP contribution in [0.1, 0.15) is 30.9 Å². The molecule has 0 saturated carbocycles. The van der Waals surface area contributed by atoms with Crippen molar-refractivity contribution in [3.63, 3.8) is 0 Å². The second-order valence-electron chi connectivity index (χ2n) is 3.64. The Hall–Kier alpha value is -0.970. The Kier molecular flexibility index (Phi) is 2.26. The normalized spacial score (nSPS) is 22.9. The lowest BCUT2D eigenvalue weighted by molar-refractivity contribution is -0.00652. The van der Waals surface area contributed by atoms with Gasteiger partial charge in [-0.15, -0.1) is 0 Å². The van der Waals surface area contributed by atoms with Gasteiger partial charge in [-0.2, -0.15) is 8.78 Å². The van der Waals surface area contributed by atoms with Crippen LogP contribution >= 0.6 is 0 Å². The first-order chi connectivity index (χ1) is 6.57. The Balaban J connectivity index is 2.17. The Morgan fingerprint density at radius 1 is 1.64 bits per heavy atom. The lowest BCUT2D eigenvalue weighted by Gasteiger charge is -2.05. The summed E-state index contributed by atoms with van der Waals surface area (Å²) in [5, 5.41) is 3.13. The number of nitrogens with zero attached hydrogens (tertiary/aromatic N) is 1. The summed E-state index contributed by atoms with van der Waals surface area (Å²) in [6.07, 6.45) is 2.02. The van der Waals surface area contributed by atoms with Gasteiger partial charge >= 0.3 is 5.92 Å². The van der Waals surface area contributed by atoms with Gasteiger partial charge in [0, 0.05) is 19.4 Å². The molecule has 0 bridgehead atoms. The highest BCUT2D eigenvalue weighted by atomic mass is 19.3. The average Bonchev–Trinajstić information content (AvgIpc) is 2.73. The highest BCUT2D eigenvalue weighted by molar-refractivity contribution is 5.05. The van der Waals surface area contributed by atoms with Gasteiger partial charge in [-0.1, -0.05) is 0 Å². The predicted octanol–water partition coefficient (Wildman–Crippen LogP) is 1.86. The molecule has 78 valence electrons. The van der Waals surface area contributed by atoms with Gasteiger partial charge in [0.25, 0.3) is 0 Å². The number of hydrogen-bond acceptors (Lipinski definition) is 3. The molecule has 1 aliphatic heterocycles. The molecule has 1 saturated heterocycles. The number of aromatic nitrogens is 1. The molecular weight excluding hydrogens is 190 g/mol. The van der Waals surface area contributed by atoms with Crippen LogP contribution in [0.2, 0.25) is 0 Å². The van der Waals surface area contributed by atoms with Crippen LogP contribution in [0.4, 0.5) is 8.78 Å². The Labute approximate surface area is 80.5 Å². The van der Waals surface area contributed by atoms with E-state index in [1.165, 1.54) is 0 Å². The molecule has 1 aromatic rings. The molecule has 0 amide bonds. The summed E-state index contributed by atoms with van der Waals surface area (Å²) >= 11 is 0.